The number of nitrogens with zero attached hydrogens (tertiary/aromatic N) is 2. The highest BCUT2D eigenvalue weighted by Crippen LogP contribution is 2.35. The predicted molar refractivity (Wildman–Crippen MR) is 64.1 cm³/mol. The fourth-order valence-corrected chi connectivity index (χ4v) is 1.82. The number of hydrogen-bond acceptors (Lipinski definition) is 4. The molecule has 0 aliphatic heterocycles. The van der Waals surface area contributed by atoms with Crippen molar-refractivity contribution in [2.75, 3.05) is 18.5 Å². The molecule has 1 N–H and O–H groups in total. The van der Waals surface area contributed by atoms with Crippen LogP contribution in [0.1, 0.15) is 19.8 Å². The van der Waals surface area contributed by atoms with Gasteiger partial charge in [-0.05, 0) is 25.7 Å². The van der Waals surface area contributed by atoms with Crippen molar-refractivity contribution in [2.45, 2.75) is 25.1 Å². The van der Waals surface area contributed by atoms with Gasteiger partial charge in [0, 0.05) is 12.6 Å². The summed E-state index contributed by atoms with van der Waals surface area (Å²) in [4.78, 5) is 8.11. The van der Waals surface area contributed by atoms with Gasteiger partial charge in [0.05, 0.1) is 12.0 Å². The molecule has 0 bridgehead atoms. The molecule has 16 heavy (non-hydrogen) atoms. The first-order valence-electron chi connectivity index (χ1n) is 5.62. The lowest BCUT2D eigenvalue weighted by molar-refractivity contribution is 0.326. The van der Waals surface area contributed by atoms with Crippen LogP contribution in [0.3, 0.4) is 0 Å². The fourth-order valence-electron chi connectivity index (χ4n) is 1.49. The topological polar surface area (TPSA) is 47.0 Å². The second kappa shape index (κ2) is 5.34. The van der Waals surface area contributed by atoms with E-state index >= 15 is 0 Å². The van der Waals surface area contributed by atoms with Gasteiger partial charge in [-0.1, -0.05) is 0 Å². The number of anilines is 1. The minimum absolute atomic E-state index is 0.200. The van der Waals surface area contributed by atoms with Crippen LogP contribution in [0.25, 0.3) is 0 Å². The van der Waals surface area contributed by atoms with Crippen LogP contribution in [0, 0.1) is 5.92 Å². The first kappa shape index (κ1) is 11.5. The number of nitrogens with one attached hydrogen (secondary N) is 1. The molecule has 2 rings (SSSR count). The summed E-state index contributed by atoms with van der Waals surface area (Å²) in [7, 11) is 0. The molecule has 1 heterocycles. The van der Waals surface area contributed by atoms with E-state index < -0.39 is 0 Å². The van der Waals surface area contributed by atoms with Gasteiger partial charge < -0.3 is 10.1 Å². The number of halogens is 1. The smallest absolute Gasteiger partial charge is 0.218 e. The van der Waals surface area contributed by atoms with E-state index in [2.05, 4.69) is 15.3 Å². The standard InChI is InChI=1S/C11H16ClN3O/c1-2-16-11-5-10(14-7-15-11)13-6-9(12)8-3-4-8/h5,7-9H,2-4,6H2,1H3,(H,13,14,15). The van der Waals surface area contributed by atoms with Crippen LogP contribution in [0.4, 0.5) is 5.82 Å². The molecule has 1 aliphatic carbocycles. The monoisotopic (exact) mass is 241 g/mol. The third-order valence-electron chi connectivity index (χ3n) is 2.55. The largest absolute Gasteiger partial charge is 0.478 e. The lowest BCUT2D eigenvalue weighted by Gasteiger charge is -2.10. The van der Waals surface area contributed by atoms with Crippen molar-refractivity contribution >= 4 is 17.4 Å². The highest BCUT2D eigenvalue weighted by Gasteiger charge is 2.29. The molecule has 0 radical (unpaired) electrons. The van der Waals surface area contributed by atoms with Gasteiger partial charge >= 0.3 is 0 Å². The zero-order valence-corrected chi connectivity index (χ0v) is 10.1. The molecule has 4 nitrogen and oxygen atoms in total. The Labute approximate surface area is 100 Å². The number of ether oxygens (including phenoxy) is 1. The second-order valence-electron chi connectivity index (χ2n) is 3.91. The van der Waals surface area contributed by atoms with E-state index in [-0.39, 0.29) is 5.38 Å². The van der Waals surface area contributed by atoms with E-state index in [1.54, 1.807) is 6.07 Å². The van der Waals surface area contributed by atoms with Gasteiger partial charge in [0.2, 0.25) is 5.88 Å². The Morgan fingerprint density at radius 1 is 1.56 bits per heavy atom. The zero-order valence-electron chi connectivity index (χ0n) is 9.32. The average molecular weight is 242 g/mol. The summed E-state index contributed by atoms with van der Waals surface area (Å²) in [6, 6.07) is 1.79. The van der Waals surface area contributed by atoms with Crippen molar-refractivity contribution in [1.29, 1.82) is 0 Å². The highest BCUT2D eigenvalue weighted by molar-refractivity contribution is 6.21. The number of rotatable bonds is 6. The summed E-state index contributed by atoms with van der Waals surface area (Å²) in [5, 5.41) is 3.40. The molecular formula is C11H16ClN3O. The number of hydrogen-bond donors (Lipinski definition) is 1. The quantitative estimate of drug-likeness (QED) is 0.777. The van der Waals surface area contributed by atoms with Crippen molar-refractivity contribution in [1.82, 2.24) is 9.97 Å². The molecule has 0 aromatic carbocycles. The van der Waals surface area contributed by atoms with Crippen molar-refractivity contribution in [3.05, 3.63) is 12.4 Å². The molecule has 1 atom stereocenters. The van der Waals surface area contributed by atoms with Crippen LogP contribution in [0.5, 0.6) is 5.88 Å². The summed E-state index contributed by atoms with van der Waals surface area (Å²) < 4.78 is 5.29. The van der Waals surface area contributed by atoms with E-state index in [4.69, 9.17) is 16.3 Å². The Kier molecular flexibility index (Phi) is 3.83. The Hall–Kier alpha value is -1.03. The van der Waals surface area contributed by atoms with Crippen molar-refractivity contribution in [2.24, 2.45) is 5.92 Å². The van der Waals surface area contributed by atoms with E-state index in [9.17, 15) is 0 Å². The van der Waals surface area contributed by atoms with Crippen LogP contribution < -0.4 is 10.1 Å². The van der Waals surface area contributed by atoms with Crippen LogP contribution in [0.15, 0.2) is 12.4 Å². The molecule has 0 spiro atoms. The number of alkyl halides is 1. The SMILES string of the molecule is CCOc1cc(NCC(Cl)C2CC2)ncn1. The van der Waals surface area contributed by atoms with E-state index in [0.717, 1.165) is 12.4 Å². The zero-order chi connectivity index (χ0) is 11.4. The van der Waals surface area contributed by atoms with Crippen LogP contribution >= 0.6 is 11.6 Å². The molecule has 0 saturated heterocycles. The van der Waals surface area contributed by atoms with Gasteiger partial charge in [-0.2, -0.15) is 0 Å². The summed E-state index contributed by atoms with van der Waals surface area (Å²) in [5.74, 6) is 2.05. The van der Waals surface area contributed by atoms with Gasteiger partial charge in [0.15, 0.2) is 0 Å². The third-order valence-corrected chi connectivity index (χ3v) is 3.06. The van der Waals surface area contributed by atoms with Crippen molar-refractivity contribution < 1.29 is 4.74 Å². The molecule has 1 aromatic rings. The van der Waals surface area contributed by atoms with Gasteiger partial charge in [-0.15, -0.1) is 11.6 Å². The second-order valence-corrected chi connectivity index (χ2v) is 4.47. The molecule has 1 unspecified atom stereocenters. The summed E-state index contributed by atoms with van der Waals surface area (Å²) in [5.41, 5.74) is 0. The molecule has 1 fully saturated rings. The first-order valence-corrected chi connectivity index (χ1v) is 6.06. The van der Waals surface area contributed by atoms with E-state index in [1.807, 2.05) is 6.92 Å². The highest BCUT2D eigenvalue weighted by atomic mass is 35.5. The van der Waals surface area contributed by atoms with Gasteiger partial charge in [-0.3, -0.25) is 0 Å². The van der Waals surface area contributed by atoms with Crippen molar-refractivity contribution in [3.63, 3.8) is 0 Å². The van der Waals surface area contributed by atoms with Gasteiger partial charge in [-0.25, -0.2) is 9.97 Å². The molecule has 1 aromatic heterocycles. The molecular weight excluding hydrogens is 226 g/mol. The maximum Gasteiger partial charge on any atom is 0.218 e. The molecule has 88 valence electrons. The van der Waals surface area contributed by atoms with Crippen molar-refractivity contribution in [3.8, 4) is 5.88 Å². The Balaban J connectivity index is 1.85. The lowest BCUT2D eigenvalue weighted by Crippen LogP contribution is -2.16. The maximum atomic E-state index is 6.19. The Morgan fingerprint density at radius 3 is 3.06 bits per heavy atom. The van der Waals surface area contributed by atoms with Gasteiger partial charge in [0.25, 0.3) is 0 Å². The Bertz CT molecular complexity index is 344. The molecule has 5 heteroatoms. The van der Waals surface area contributed by atoms with Crippen LogP contribution in [-0.2, 0) is 0 Å². The van der Waals surface area contributed by atoms with E-state index in [0.29, 0.717) is 18.4 Å². The molecule has 0 amide bonds. The minimum Gasteiger partial charge on any atom is -0.478 e. The predicted octanol–water partition coefficient (Wildman–Crippen LogP) is 2.30. The third kappa shape index (κ3) is 3.23. The number of aromatic nitrogens is 2. The van der Waals surface area contributed by atoms with Crippen LogP contribution in [-0.4, -0.2) is 28.5 Å². The van der Waals surface area contributed by atoms with E-state index in [1.165, 1.54) is 19.2 Å². The summed E-state index contributed by atoms with van der Waals surface area (Å²) in [6.45, 7) is 3.28. The lowest BCUT2D eigenvalue weighted by atomic mass is 10.3. The summed E-state index contributed by atoms with van der Waals surface area (Å²) in [6.07, 6.45) is 4.00. The minimum atomic E-state index is 0.200. The molecule has 1 aliphatic rings. The average Bonchev–Trinajstić information content (AvgIpc) is 3.11. The fraction of sp³-hybridized carbons (Fsp3) is 0.636. The normalized spacial score (nSPS) is 16.9. The maximum absolute atomic E-state index is 6.19. The van der Waals surface area contributed by atoms with Gasteiger partial charge in [0.1, 0.15) is 12.1 Å². The molecule has 1 saturated carbocycles. The summed E-state index contributed by atoms with van der Waals surface area (Å²) >= 11 is 6.19. The Morgan fingerprint density at radius 2 is 2.38 bits per heavy atom. The first-order chi connectivity index (χ1) is 7.79. The van der Waals surface area contributed by atoms with Crippen LogP contribution in [0.2, 0.25) is 0 Å².